The second kappa shape index (κ2) is 13.2. The Hall–Kier alpha value is -3.03. The Bertz CT molecular complexity index is 1150. The third-order valence-corrected chi connectivity index (χ3v) is 6.02. The van der Waals surface area contributed by atoms with Crippen LogP contribution in [0.15, 0.2) is 54.6 Å². The van der Waals surface area contributed by atoms with Gasteiger partial charge in [0.15, 0.2) is 0 Å². The molecule has 1 unspecified atom stereocenters. The molecule has 0 aliphatic rings. The Morgan fingerprint density at radius 3 is 2.57 bits per heavy atom. The van der Waals surface area contributed by atoms with Gasteiger partial charge >= 0.3 is 8.25 Å². The quantitative estimate of drug-likeness (QED) is 0.223. The van der Waals surface area contributed by atoms with Crippen LogP contribution in [0.5, 0.6) is 5.75 Å². The highest BCUT2D eigenvalue weighted by molar-refractivity contribution is 7.32. The van der Waals surface area contributed by atoms with Crippen LogP contribution < -0.4 is 20.3 Å². The van der Waals surface area contributed by atoms with Crippen LogP contribution in [0, 0.1) is 0 Å². The third-order valence-electron chi connectivity index (χ3n) is 5.61. The minimum absolute atomic E-state index is 0.165. The zero-order chi connectivity index (χ0) is 25.2. The van der Waals surface area contributed by atoms with Gasteiger partial charge in [0.1, 0.15) is 12.4 Å². The highest BCUT2D eigenvalue weighted by Gasteiger charge is 2.14. The van der Waals surface area contributed by atoms with Crippen molar-refractivity contribution in [3.8, 4) is 5.75 Å². The largest absolute Gasteiger partial charge is 0.694 e. The maximum atomic E-state index is 13.1. The number of hydrogen-bond donors (Lipinski definition) is 3. The van der Waals surface area contributed by atoms with Crippen molar-refractivity contribution < 1.29 is 23.5 Å². The molecule has 0 saturated heterocycles. The van der Waals surface area contributed by atoms with Crippen LogP contribution in [0.4, 0.5) is 11.4 Å². The summed E-state index contributed by atoms with van der Waals surface area (Å²) in [6, 6.07) is 17.4. The van der Waals surface area contributed by atoms with Gasteiger partial charge < -0.3 is 20.3 Å². The summed E-state index contributed by atoms with van der Waals surface area (Å²) in [6.45, 7) is 4.57. The van der Waals surface area contributed by atoms with E-state index in [-0.39, 0.29) is 12.5 Å². The van der Waals surface area contributed by atoms with Crippen LogP contribution in [0.2, 0.25) is 0 Å². The van der Waals surface area contributed by atoms with Gasteiger partial charge in [-0.1, -0.05) is 25.1 Å². The van der Waals surface area contributed by atoms with E-state index in [4.69, 9.17) is 9.63 Å². The van der Waals surface area contributed by atoms with E-state index >= 15 is 0 Å². The second-order valence-corrected chi connectivity index (χ2v) is 8.99. The fourth-order valence-corrected chi connectivity index (χ4v) is 4.11. The number of nitrogens with one attached hydrogen (secondary N) is 2. The van der Waals surface area contributed by atoms with Crippen LogP contribution in [-0.4, -0.2) is 44.7 Å². The van der Waals surface area contributed by atoms with E-state index in [1.54, 1.807) is 7.11 Å². The lowest BCUT2D eigenvalue weighted by Gasteiger charge is -2.22. The number of carbonyl (C=O) groups excluding carboxylic acids is 1. The molecule has 0 heterocycles. The molecule has 1 amide bonds. The number of benzene rings is 3. The number of amides is 1. The fraction of sp³-hybridized carbons (Fsp3) is 0.346. The monoisotopic (exact) mass is 498 g/mol. The molecule has 9 heteroatoms. The van der Waals surface area contributed by atoms with Crippen molar-refractivity contribution in [2.75, 3.05) is 44.1 Å². The van der Waals surface area contributed by atoms with Crippen molar-refractivity contribution >= 4 is 36.3 Å². The van der Waals surface area contributed by atoms with E-state index in [0.717, 1.165) is 46.4 Å². The van der Waals surface area contributed by atoms with Crippen LogP contribution in [0.1, 0.15) is 35.7 Å². The van der Waals surface area contributed by atoms with Crippen molar-refractivity contribution in [2.24, 2.45) is 0 Å². The molecule has 0 aliphatic carbocycles. The van der Waals surface area contributed by atoms with Crippen molar-refractivity contribution in [2.45, 2.75) is 26.3 Å². The minimum atomic E-state index is -2.53. The van der Waals surface area contributed by atoms with E-state index < -0.39 is 8.25 Å². The Balaban J connectivity index is 1.67. The van der Waals surface area contributed by atoms with Crippen LogP contribution in [-0.2, 0) is 15.6 Å². The average Bonchev–Trinajstić information content (AvgIpc) is 2.86. The van der Waals surface area contributed by atoms with Crippen molar-refractivity contribution in [3.63, 3.8) is 0 Å². The summed E-state index contributed by atoms with van der Waals surface area (Å²) in [6.07, 6.45) is 1.64. The molecule has 0 radical (unpaired) electrons. The first kappa shape index (κ1) is 26.6. The average molecular weight is 499 g/mol. The molecule has 0 bridgehead atoms. The maximum absolute atomic E-state index is 13.1. The molecule has 3 aromatic rings. The summed E-state index contributed by atoms with van der Waals surface area (Å²) in [4.78, 5) is 23.9. The summed E-state index contributed by atoms with van der Waals surface area (Å²) < 4.78 is 20.5. The van der Waals surface area contributed by atoms with Gasteiger partial charge in [0.2, 0.25) is 0 Å². The van der Waals surface area contributed by atoms with Crippen LogP contribution in [0.25, 0.3) is 10.8 Å². The predicted octanol–water partition coefficient (Wildman–Crippen LogP) is 5.09. The Labute approximate surface area is 207 Å². The molecule has 3 N–H and O–H groups in total. The van der Waals surface area contributed by atoms with Gasteiger partial charge in [-0.15, -0.1) is 9.42 Å². The molecule has 35 heavy (non-hydrogen) atoms. The smallest absolute Gasteiger partial charge is 0.497 e. The van der Waals surface area contributed by atoms with Gasteiger partial charge in [0, 0.05) is 47.0 Å². The first-order valence-corrected chi connectivity index (χ1v) is 12.8. The molecule has 0 fully saturated rings. The standard InChI is InChI=1S/C26H32N3O5P/c1-4-13-29(2)25-16-21(15-20-8-11-23(33-3)17-24(20)25)26(30)28-22-9-6-19(7-10-22)18-27-12-5-14-34-35(31)32/h6-11,15-17,27H,4-5,12-14,18H2,1-3H3,(H-,28,30,31,32)/p+1. The lowest BCUT2D eigenvalue weighted by Crippen LogP contribution is -2.19. The summed E-state index contributed by atoms with van der Waals surface area (Å²) >= 11 is 0. The highest BCUT2D eigenvalue weighted by Crippen LogP contribution is 2.32. The molecule has 1 atom stereocenters. The zero-order valence-corrected chi connectivity index (χ0v) is 21.3. The number of methoxy groups -OCH3 is 1. The number of carbonyl (C=O) groups is 1. The molecule has 3 aromatic carbocycles. The SMILES string of the molecule is CCCN(C)c1cc(C(=O)Nc2ccc(CNCCCO[P+](=O)O)cc2)cc2ccc(OC)cc12. The normalized spacial score (nSPS) is 11.4. The van der Waals surface area contributed by atoms with Gasteiger partial charge in [-0.3, -0.25) is 4.79 Å². The number of hydrogen-bond acceptors (Lipinski definition) is 6. The number of ether oxygens (including phenoxy) is 1. The van der Waals surface area contributed by atoms with Gasteiger partial charge in [0.05, 0.1) is 7.11 Å². The first-order chi connectivity index (χ1) is 16.9. The Morgan fingerprint density at radius 1 is 1.11 bits per heavy atom. The van der Waals surface area contributed by atoms with E-state index in [1.165, 1.54) is 0 Å². The van der Waals surface area contributed by atoms with Crippen molar-refractivity contribution in [1.82, 2.24) is 5.32 Å². The summed E-state index contributed by atoms with van der Waals surface area (Å²) in [5.74, 6) is 0.618. The maximum Gasteiger partial charge on any atom is 0.694 e. The number of anilines is 2. The molecule has 3 rings (SSSR count). The molecule has 0 aliphatic heterocycles. The molecular formula is C26H33N3O5P+. The Morgan fingerprint density at radius 2 is 1.89 bits per heavy atom. The van der Waals surface area contributed by atoms with Gasteiger partial charge in [-0.25, -0.2) is 0 Å². The molecule has 8 nitrogen and oxygen atoms in total. The highest BCUT2D eigenvalue weighted by atomic mass is 31.1. The lowest BCUT2D eigenvalue weighted by molar-refractivity contribution is 0.102. The topological polar surface area (TPSA) is 100 Å². The van der Waals surface area contributed by atoms with Gasteiger partial charge in [-0.05, 0) is 66.7 Å². The van der Waals surface area contributed by atoms with Crippen molar-refractivity contribution in [1.29, 1.82) is 0 Å². The zero-order valence-electron chi connectivity index (χ0n) is 20.4. The molecular weight excluding hydrogens is 465 g/mol. The van der Waals surface area contributed by atoms with E-state index in [2.05, 4.69) is 27.0 Å². The van der Waals surface area contributed by atoms with Gasteiger partial charge in [0.25, 0.3) is 5.91 Å². The third kappa shape index (κ3) is 7.73. The Kier molecular flexibility index (Phi) is 9.99. The number of fused-ring (bicyclic) bond motifs is 1. The summed E-state index contributed by atoms with van der Waals surface area (Å²) in [5.41, 5.74) is 3.38. The summed E-state index contributed by atoms with van der Waals surface area (Å²) in [5, 5.41) is 8.28. The first-order valence-electron chi connectivity index (χ1n) is 11.6. The fourth-order valence-electron chi connectivity index (χ4n) is 3.83. The number of nitrogens with zero attached hydrogens (tertiary/aromatic N) is 1. The van der Waals surface area contributed by atoms with E-state index in [1.807, 2.05) is 61.6 Å². The number of rotatable bonds is 13. The van der Waals surface area contributed by atoms with Crippen LogP contribution in [0.3, 0.4) is 0 Å². The van der Waals surface area contributed by atoms with E-state index in [9.17, 15) is 9.36 Å². The van der Waals surface area contributed by atoms with Gasteiger partial charge in [-0.2, -0.15) is 0 Å². The van der Waals surface area contributed by atoms with E-state index in [0.29, 0.717) is 25.1 Å². The second-order valence-electron chi connectivity index (χ2n) is 8.26. The molecule has 0 saturated carbocycles. The molecule has 0 spiro atoms. The molecule has 186 valence electrons. The summed E-state index contributed by atoms with van der Waals surface area (Å²) in [7, 11) is 1.15. The van der Waals surface area contributed by atoms with Crippen molar-refractivity contribution in [3.05, 3.63) is 65.7 Å². The lowest BCUT2D eigenvalue weighted by atomic mass is 10.0. The molecule has 0 aromatic heterocycles. The van der Waals surface area contributed by atoms with Crippen LogP contribution >= 0.6 is 8.25 Å². The predicted molar refractivity (Wildman–Crippen MR) is 141 cm³/mol. The minimum Gasteiger partial charge on any atom is -0.497 e.